The molecule has 0 unspecified atom stereocenters. The predicted molar refractivity (Wildman–Crippen MR) is 139 cm³/mol. The molecule has 2 aromatic heterocycles. The SMILES string of the molecule is CC(C)CNC(=O)c1ccc2c(=O)n(CC(C)C)c3nn(CC(=O)c4cccc(Cl)c4)c(=O)n3c2c1. The molecule has 0 saturated heterocycles. The number of hydrogen-bond acceptors (Lipinski definition) is 5. The highest BCUT2D eigenvalue weighted by Crippen LogP contribution is 2.16. The number of nitrogens with zero attached hydrogens (tertiary/aromatic N) is 4. The summed E-state index contributed by atoms with van der Waals surface area (Å²) in [7, 11) is 0. The average molecular weight is 510 g/mol. The number of carbonyl (C=O) groups is 2. The van der Waals surface area contributed by atoms with Gasteiger partial charge >= 0.3 is 5.69 Å². The molecule has 188 valence electrons. The quantitative estimate of drug-likeness (QED) is 0.366. The van der Waals surface area contributed by atoms with Gasteiger partial charge in [-0.25, -0.2) is 13.9 Å². The second kappa shape index (κ2) is 10.1. The maximum Gasteiger partial charge on any atom is 0.352 e. The summed E-state index contributed by atoms with van der Waals surface area (Å²) in [5.41, 5.74) is 0.0278. The van der Waals surface area contributed by atoms with E-state index in [4.69, 9.17) is 11.6 Å². The molecule has 4 aromatic rings. The second-order valence-electron chi connectivity index (χ2n) is 9.65. The van der Waals surface area contributed by atoms with E-state index >= 15 is 0 Å². The van der Waals surface area contributed by atoms with Crippen LogP contribution >= 0.6 is 11.6 Å². The fraction of sp³-hybridized carbons (Fsp3) is 0.346. The lowest BCUT2D eigenvalue weighted by Gasteiger charge is -2.13. The second-order valence-corrected chi connectivity index (χ2v) is 10.1. The number of rotatable bonds is 8. The third-order valence-electron chi connectivity index (χ3n) is 5.70. The van der Waals surface area contributed by atoms with Crippen LogP contribution < -0.4 is 16.6 Å². The Kier molecular flexibility index (Phi) is 7.12. The van der Waals surface area contributed by atoms with Crippen molar-refractivity contribution in [2.45, 2.75) is 40.8 Å². The summed E-state index contributed by atoms with van der Waals surface area (Å²) in [6.07, 6.45) is 0. The van der Waals surface area contributed by atoms with Gasteiger partial charge in [-0.3, -0.25) is 19.0 Å². The zero-order valence-electron chi connectivity index (χ0n) is 20.6. The summed E-state index contributed by atoms with van der Waals surface area (Å²) in [4.78, 5) is 52.4. The van der Waals surface area contributed by atoms with Gasteiger partial charge in [-0.2, -0.15) is 0 Å². The highest BCUT2D eigenvalue weighted by atomic mass is 35.5. The molecule has 10 heteroatoms. The lowest BCUT2D eigenvalue weighted by Crippen LogP contribution is -2.29. The van der Waals surface area contributed by atoms with Crippen LogP contribution in [0.5, 0.6) is 0 Å². The van der Waals surface area contributed by atoms with Crippen LogP contribution in [0.15, 0.2) is 52.1 Å². The van der Waals surface area contributed by atoms with Crippen LogP contribution in [0.3, 0.4) is 0 Å². The molecule has 4 rings (SSSR count). The van der Waals surface area contributed by atoms with Gasteiger partial charge in [0, 0.05) is 29.2 Å². The molecule has 0 saturated carbocycles. The summed E-state index contributed by atoms with van der Waals surface area (Å²) in [6, 6.07) is 11.1. The van der Waals surface area contributed by atoms with Crippen molar-refractivity contribution in [2.75, 3.05) is 6.54 Å². The number of hydrogen-bond donors (Lipinski definition) is 1. The van der Waals surface area contributed by atoms with Gasteiger partial charge in [0.25, 0.3) is 11.5 Å². The molecule has 2 heterocycles. The molecule has 2 aromatic carbocycles. The van der Waals surface area contributed by atoms with Gasteiger partial charge in [0.2, 0.25) is 5.78 Å². The number of ketones is 1. The monoisotopic (exact) mass is 509 g/mol. The molecule has 0 aliphatic heterocycles. The van der Waals surface area contributed by atoms with Gasteiger partial charge in [-0.05, 0) is 42.2 Å². The highest BCUT2D eigenvalue weighted by Gasteiger charge is 2.21. The number of fused-ring (bicyclic) bond motifs is 3. The summed E-state index contributed by atoms with van der Waals surface area (Å²) in [6.45, 7) is 8.37. The zero-order valence-corrected chi connectivity index (χ0v) is 21.4. The van der Waals surface area contributed by atoms with Gasteiger partial charge in [-0.15, -0.1) is 5.10 Å². The van der Waals surface area contributed by atoms with Crippen LogP contribution in [0, 0.1) is 11.8 Å². The number of carbonyl (C=O) groups excluding carboxylic acids is 2. The van der Waals surface area contributed by atoms with Crippen molar-refractivity contribution in [2.24, 2.45) is 11.8 Å². The molecule has 0 atom stereocenters. The van der Waals surface area contributed by atoms with Crippen LogP contribution in [-0.4, -0.2) is 37.0 Å². The summed E-state index contributed by atoms with van der Waals surface area (Å²) in [5.74, 6) is -0.175. The molecular formula is C26H28ClN5O4. The van der Waals surface area contributed by atoms with E-state index in [2.05, 4.69) is 10.4 Å². The van der Waals surface area contributed by atoms with Gasteiger partial charge < -0.3 is 5.32 Å². The van der Waals surface area contributed by atoms with Gasteiger partial charge in [0.05, 0.1) is 10.9 Å². The molecule has 1 amide bonds. The Balaban J connectivity index is 1.90. The Morgan fingerprint density at radius 1 is 1.00 bits per heavy atom. The minimum Gasteiger partial charge on any atom is -0.352 e. The number of Topliss-reactive ketones (excluding diaryl/α,β-unsaturated/α-hetero) is 1. The Morgan fingerprint density at radius 2 is 1.75 bits per heavy atom. The van der Waals surface area contributed by atoms with Crippen molar-refractivity contribution in [1.29, 1.82) is 0 Å². The third-order valence-corrected chi connectivity index (χ3v) is 5.93. The first-order valence-electron chi connectivity index (χ1n) is 11.8. The van der Waals surface area contributed by atoms with Crippen molar-refractivity contribution in [1.82, 2.24) is 24.1 Å². The maximum absolute atomic E-state index is 13.5. The highest BCUT2D eigenvalue weighted by molar-refractivity contribution is 6.31. The van der Waals surface area contributed by atoms with Gasteiger partial charge in [0.15, 0.2) is 5.78 Å². The Hall–Kier alpha value is -3.72. The van der Waals surface area contributed by atoms with Crippen molar-refractivity contribution < 1.29 is 9.59 Å². The van der Waals surface area contributed by atoms with E-state index in [1.54, 1.807) is 30.3 Å². The van der Waals surface area contributed by atoms with Crippen molar-refractivity contribution >= 4 is 40.0 Å². The van der Waals surface area contributed by atoms with E-state index in [0.29, 0.717) is 29.2 Å². The molecule has 0 spiro atoms. The van der Waals surface area contributed by atoms with E-state index < -0.39 is 5.69 Å². The molecule has 0 radical (unpaired) electrons. The van der Waals surface area contributed by atoms with Crippen molar-refractivity contribution in [3.8, 4) is 0 Å². The number of halogens is 1. The average Bonchev–Trinajstić information content (AvgIpc) is 3.15. The third kappa shape index (κ3) is 4.97. The normalized spacial score (nSPS) is 11.6. The van der Waals surface area contributed by atoms with E-state index in [1.807, 2.05) is 27.7 Å². The molecular weight excluding hydrogens is 482 g/mol. The number of aromatic nitrogens is 4. The summed E-state index contributed by atoms with van der Waals surface area (Å²) in [5, 5.41) is 7.91. The maximum atomic E-state index is 13.5. The minimum absolute atomic E-state index is 0.0957. The fourth-order valence-electron chi connectivity index (χ4n) is 3.98. The number of benzene rings is 2. The van der Waals surface area contributed by atoms with Crippen molar-refractivity contribution in [3.63, 3.8) is 0 Å². The van der Waals surface area contributed by atoms with Crippen LogP contribution in [0.25, 0.3) is 16.7 Å². The fourth-order valence-corrected chi connectivity index (χ4v) is 4.17. The first-order chi connectivity index (χ1) is 17.1. The van der Waals surface area contributed by atoms with E-state index in [1.165, 1.54) is 21.1 Å². The van der Waals surface area contributed by atoms with Crippen LogP contribution in [0.2, 0.25) is 5.02 Å². The van der Waals surface area contributed by atoms with Gasteiger partial charge in [0.1, 0.15) is 6.54 Å². The van der Waals surface area contributed by atoms with Crippen LogP contribution in [-0.2, 0) is 13.1 Å². The lowest BCUT2D eigenvalue weighted by atomic mass is 10.1. The smallest absolute Gasteiger partial charge is 0.352 e. The van der Waals surface area contributed by atoms with Gasteiger partial charge in [-0.1, -0.05) is 51.4 Å². The van der Waals surface area contributed by atoms with Crippen molar-refractivity contribution in [3.05, 3.63) is 79.5 Å². The topological polar surface area (TPSA) is 107 Å². The first-order valence-corrected chi connectivity index (χ1v) is 12.2. The Morgan fingerprint density at radius 3 is 2.42 bits per heavy atom. The summed E-state index contributed by atoms with van der Waals surface area (Å²) >= 11 is 6.01. The molecule has 0 aliphatic carbocycles. The largest absolute Gasteiger partial charge is 0.352 e. The standard InChI is InChI=1S/C26H28ClN5O4/c1-15(2)12-28-23(34)18-8-9-20-21(11-18)32-25(30(24(20)35)13-16(3)4)29-31(26(32)36)14-22(33)17-6-5-7-19(27)10-17/h5-11,15-16H,12-14H2,1-4H3,(H,28,34). The molecule has 0 fully saturated rings. The zero-order chi connectivity index (χ0) is 26.1. The predicted octanol–water partition coefficient (Wildman–Crippen LogP) is 3.39. The Labute approximate surface area is 212 Å². The first kappa shape index (κ1) is 25.4. The van der Waals surface area contributed by atoms with E-state index in [-0.39, 0.29) is 52.3 Å². The molecule has 0 aliphatic rings. The number of nitrogens with one attached hydrogen (secondary N) is 1. The Bertz CT molecular complexity index is 1600. The van der Waals surface area contributed by atoms with E-state index in [9.17, 15) is 19.2 Å². The van der Waals surface area contributed by atoms with Crippen LogP contribution in [0.4, 0.5) is 0 Å². The summed E-state index contributed by atoms with van der Waals surface area (Å²) < 4.78 is 3.77. The minimum atomic E-state index is -0.581. The molecule has 0 bridgehead atoms. The molecule has 9 nitrogen and oxygen atoms in total. The number of amides is 1. The molecule has 36 heavy (non-hydrogen) atoms. The van der Waals surface area contributed by atoms with E-state index in [0.717, 1.165) is 4.68 Å². The molecule has 1 N–H and O–H groups in total. The lowest BCUT2D eigenvalue weighted by molar-refractivity contribution is 0.0946. The van der Waals surface area contributed by atoms with Crippen LogP contribution in [0.1, 0.15) is 48.4 Å².